The van der Waals surface area contributed by atoms with Crippen molar-refractivity contribution in [3.63, 3.8) is 0 Å². The second-order valence-electron chi connectivity index (χ2n) is 8.31. The average molecular weight is 398 g/mol. The van der Waals surface area contributed by atoms with Crippen LogP contribution >= 0.6 is 0 Å². The number of likely N-dealkylation sites (tertiary alicyclic amines) is 1. The number of hydrogen-bond acceptors (Lipinski definition) is 5. The maximum atomic E-state index is 12.8. The van der Waals surface area contributed by atoms with Gasteiger partial charge in [0.1, 0.15) is 6.04 Å². The molecule has 29 heavy (non-hydrogen) atoms. The molecule has 154 valence electrons. The minimum atomic E-state index is -1.02. The number of carbonyl (C=O) groups is 4. The zero-order chi connectivity index (χ0) is 20.7. The van der Waals surface area contributed by atoms with Gasteiger partial charge in [0.25, 0.3) is 5.91 Å². The Hall–Kier alpha value is -2.70. The quantitative estimate of drug-likeness (QED) is 0.585. The van der Waals surface area contributed by atoms with Gasteiger partial charge in [0.15, 0.2) is 6.61 Å². The van der Waals surface area contributed by atoms with Gasteiger partial charge in [-0.15, -0.1) is 0 Å². The first-order chi connectivity index (χ1) is 13.9. The van der Waals surface area contributed by atoms with Crippen molar-refractivity contribution in [2.75, 3.05) is 11.9 Å². The predicted octanol–water partition coefficient (Wildman–Crippen LogP) is 2.15. The van der Waals surface area contributed by atoms with Crippen LogP contribution in [0.4, 0.5) is 5.69 Å². The van der Waals surface area contributed by atoms with E-state index in [0.717, 1.165) is 36.1 Å². The lowest BCUT2D eigenvalue weighted by atomic mass is 9.81. The first-order valence-corrected chi connectivity index (χ1v) is 10.3. The van der Waals surface area contributed by atoms with Gasteiger partial charge in [-0.3, -0.25) is 19.3 Å². The van der Waals surface area contributed by atoms with E-state index in [1.165, 1.54) is 6.92 Å². The highest BCUT2D eigenvalue weighted by atomic mass is 16.5. The van der Waals surface area contributed by atoms with E-state index >= 15 is 0 Å². The van der Waals surface area contributed by atoms with Crippen molar-refractivity contribution in [3.8, 4) is 0 Å². The third-order valence-corrected chi connectivity index (χ3v) is 6.68. The van der Waals surface area contributed by atoms with Crippen LogP contribution in [0.25, 0.3) is 0 Å². The summed E-state index contributed by atoms with van der Waals surface area (Å²) in [6.07, 6.45) is 3.81. The zero-order valence-electron chi connectivity index (χ0n) is 16.7. The molecule has 1 heterocycles. The van der Waals surface area contributed by atoms with E-state index in [-0.39, 0.29) is 35.5 Å². The molecule has 7 heteroatoms. The third kappa shape index (κ3) is 3.43. The Morgan fingerprint density at radius 3 is 2.24 bits per heavy atom. The van der Waals surface area contributed by atoms with E-state index in [2.05, 4.69) is 5.32 Å². The molecule has 1 aromatic carbocycles. The molecule has 0 aromatic heterocycles. The third-order valence-electron chi connectivity index (χ3n) is 6.68. The molecule has 0 radical (unpaired) electrons. The van der Waals surface area contributed by atoms with Gasteiger partial charge in [-0.25, -0.2) is 4.79 Å². The average Bonchev–Trinajstić information content (AvgIpc) is 3.40. The van der Waals surface area contributed by atoms with Crippen molar-refractivity contribution < 1.29 is 23.9 Å². The van der Waals surface area contributed by atoms with Crippen LogP contribution in [-0.4, -0.2) is 41.2 Å². The van der Waals surface area contributed by atoms with Gasteiger partial charge in [0, 0.05) is 5.69 Å². The van der Waals surface area contributed by atoms with Crippen LogP contribution in [0.5, 0.6) is 0 Å². The number of hydrogen-bond donors (Lipinski definition) is 1. The maximum Gasteiger partial charge on any atom is 0.329 e. The smallest absolute Gasteiger partial charge is 0.329 e. The lowest BCUT2D eigenvalue weighted by Gasteiger charge is -2.23. The Balaban J connectivity index is 1.32. The lowest BCUT2D eigenvalue weighted by molar-refractivity contribution is -0.159. The normalized spacial score (nSPS) is 28.4. The van der Waals surface area contributed by atoms with E-state index in [4.69, 9.17) is 4.74 Å². The fourth-order valence-corrected chi connectivity index (χ4v) is 5.20. The van der Waals surface area contributed by atoms with Crippen LogP contribution in [0.3, 0.4) is 0 Å². The van der Waals surface area contributed by atoms with Crippen molar-refractivity contribution in [1.29, 1.82) is 0 Å². The Labute approximate surface area is 169 Å². The molecule has 2 saturated carbocycles. The number of ether oxygens (including phenoxy) is 1. The zero-order valence-corrected chi connectivity index (χ0v) is 16.7. The lowest BCUT2D eigenvalue weighted by Crippen LogP contribution is -2.45. The second-order valence-corrected chi connectivity index (χ2v) is 8.31. The summed E-state index contributed by atoms with van der Waals surface area (Å²) < 4.78 is 5.09. The maximum absolute atomic E-state index is 12.8. The van der Waals surface area contributed by atoms with Crippen LogP contribution in [0.2, 0.25) is 0 Å². The van der Waals surface area contributed by atoms with Gasteiger partial charge >= 0.3 is 5.97 Å². The highest BCUT2D eigenvalue weighted by Crippen LogP contribution is 2.56. The van der Waals surface area contributed by atoms with E-state index < -0.39 is 24.5 Å². The van der Waals surface area contributed by atoms with Crippen molar-refractivity contribution in [1.82, 2.24) is 4.90 Å². The number of imide groups is 1. The number of amides is 3. The Kier molecular flexibility index (Phi) is 5.15. The topological polar surface area (TPSA) is 92.8 Å². The van der Waals surface area contributed by atoms with Gasteiger partial charge in [-0.05, 0) is 62.1 Å². The Morgan fingerprint density at radius 1 is 1.10 bits per heavy atom. The van der Waals surface area contributed by atoms with Crippen molar-refractivity contribution >= 4 is 29.4 Å². The standard InChI is InChI=1S/C22H26N2O5/c1-3-13-4-8-16(9-5-13)23-17(25)11-29-22(28)12(2)24-20(26)18-14-6-7-15(10-14)19(18)21(24)27/h4-5,8-9,12,14-15,18-19H,3,6-7,10-11H2,1-2H3,(H,23,25)/t12-,14-,15-,18-,19+/m0/s1. The summed E-state index contributed by atoms with van der Waals surface area (Å²) in [5.41, 5.74) is 1.77. The molecule has 1 N–H and O–H groups in total. The molecule has 3 aliphatic rings. The molecular formula is C22H26N2O5. The van der Waals surface area contributed by atoms with Crippen LogP contribution in [0, 0.1) is 23.7 Å². The van der Waals surface area contributed by atoms with Crippen molar-refractivity contribution in [2.24, 2.45) is 23.7 Å². The van der Waals surface area contributed by atoms with E-state index in [1.807, 2.05) is 19.1 Å². The molecule has 0 spiro atoms. The summed E-state index contributed by atoms with van der Waals surface area (Å²) in [6, 6.07) is 6.39. The minimum Gasteiger partial charge on any atom is -0.454 e. The number of esters is 1. The van der Waals surface area contributed by atoms with Crippen molar-refractivity contribution in [2.45, 2.75) is 45.6 Å². The number of benzene rings is 1. The molecular weight excluding hydrogens is 372 g/mol. The summed E-state index contributed by atoms with van der Waals surface area (Å²) in [5.74, 6) is -1.73. The van der Waals surface area contributed by atoms with Crippen LogP contribution in [-0.2, 0) is 30.3 Å². The first kappa shape index (κ1) is 19.6. The molecule has 7 nitrogen and oxygen atoms in total. The minimum absolute atomic E-state index is 0.253. The number of rotatable bonds is 6. The van der Waals surface area contributed by atoms with Gasteiger partial charge in [0.05, 0.1) is 11.8 Å². The van der Waals surface area contributed by atoms with Crippen LogP contribution < -0.4 is 5.32 Å². The van der Waals surface area contributed by atoms with Gasteiger partial charge in [0.2, 0.25) is 11.8 Å². The molecule has 2 aliphatic carbocycles. The summed E-state index contributed by atoms with van der Waals surface area (Å²) in [5, 5.41) is 2.66. The van der Waals surface area contributed by atoms with E-state index in [0.29, 0.717) is 5.69 Å². The highest BCUT2D eigenvalue weighted by Gasteiger charge is 2.62. The SMILES string of the molecule is CCc1ccc(NC(=O)COC(=O)[C@H](C)N2C(=O)[C@@H]3[C@H]4CC[C@@H](C4)[C@@H]3C2=O)cc1. The molecule has 1 aromatic rings. The summed E-state index contributed by atoms with van der Waals surface area (Å²) in [6.45, 7) is 3.07. The molecule has 3 amide bonds. The van der Waals surface area contributed by atoms with Crippen LogP contribution in [0.15, 0.2) is 24.3 Å². The predicted molar refractivity (Wildman–Crippen MR) is 105 cm³/mol. The van der Waals surface area contributed by atoms with Crippen molar-refractivity contribution in [3.05, 3.63) is 29.8 Å². The molecule has 1 aliphatic heterocycles. The van der Waals surface area contributed by atoms with Gasteiger partial charge < -0.3 is 10.1 Å². The Bertz CT molecular complexity index is 821. The summed E-state index contributed by atoms with van der Waals surface area (Å²) in [7, 11) is 0. The highest BCUT2D eigenvalue weighted by molar-refractivity contribution is 6.08. The van der Waals surface area contributed by atoms with Gasteiger partial charge in [-0.1, -0.05) is 19.1 Å². The van der Waals surface area contributed by atoms with Crippen LogP contribution in [0.1, 0.15) is 38.7 Å². The summed E-state index contributed by atoms with van der Waals surface area (Å²) >= 11 is 0. The number of carbonyl (C=O) groups excluding carboxylic acids is 4. The second kappa shape index (κ2) is 7.61. The molecule has 5 atom stereocenters. The first-order valence-electron chi connectivity index (χ1n) is 10.3. The number of fused-ring (bicyclic) bond motifs is 5. The molecule has 0 unspecified atom stereocenters. The number of nitrogens with one attached hydrogen (secondary N) is 1. The number of anilines is 1. The van der Waals surface area contributed by atoms with Gasteiger partial charge in [-0.2, -0.15) is 0 Å². The fraction of sp³-hybridized carbons (Fsp3) is 0.545. The Morgan fingerprint density at radius 2 is 1.69 bits per heavy atom. The fourth-order valence-electron chi connectivity index (χ4n) is 5.20. The molecule has 4 rings (SSSR count). The van der Waals surface area contributed by atoms with E-state index in [1.54, 1.807) is 12.1 Å². The van der Waals surface area contributed by atoms with E-state index in [9.17, 15) is 19.2 Å². The number of aryl methyl sites for hydroxylation is 1. The summed E-state index contributed by atoms with van der Waals surface area (Å²) in [4.78, 5) is 51.1. The number of nitrogens with zero attached hydrogens (tertiary/aromatic N) is 1. The molecule has 3 fully saturated rings. The monoisotopic (exact) mass is 398 g/mol. The largest absolute Gasteiger partial charge is 0.454 e. The molecule has 1 saturated heterocycles. The molecule has 2 bridgehead atoms.